The minimum atomic E-state index is 0.586. The third kappa shape index (κ3) is 2.25. The Balaban J connectivity index is 2.44. The van der Waals surface area contributed by atoms with Gasteiger partial charge >= 0.3 is 0 Å². The Morgan fingerprint density at radius 1 is 1.00 bits per heavy atom. The predicted molar refractivity (Wildman–Crippen MR) is 68.8 cm³/mol. The molecule has 0 fully saturated rings. The Bertz CT molecular complexity index is 486. The predicted octanol–water partition coefficient (Wildman–Crippen LogP) is 4.11. The molecule has 2 rings (SSSR count). The third-order valence-electron chi connectivity index (χ3n) is 2.91. The molecule has 84 valence electrons. The number of hydrogen-bond acceptors (Lipinski definition) is 1. The van der Waals surface area contributed by atoms with Gasteiger partial charge in [-0.3, -0.25) is 0 Å². The molecule has 0 atom stereocenters. The molecule has 16 heavy (non-hydrogen) atoms. The van der Waals surface area contributed by atoms with Gasteiger partial charge in [-0.2, -0.15) is 0 Å². The van der Waals surface area contributed by atoms with Crippen molar-refractivity contribution in [1.82, 2.24) is 0 Å². The van der Waals surface area contributed by atoms with Crippen LogP contribution in [0.1, 0.15) is 30.9 Å². The van der Waals surface area contributed by atoms with E-state index >= 15 is 0 Å². The number of ether oxygens (including phenoxy) is 1. The van der Waals surface area contributed by atoms with Crippen LogP contribution in [0.15, 0.2) is 36.4 Å². The van der Waals surface area contributed by atoms with Crippen LogP contribution in [-0.4, -0.2) is 7.11 Å². The van der Waals surface area contributed by atoms with E-state index in [1.807, 2.05) is 0 Å². The zero-order valence-corrected chi connectivity index (χ0v) is 10.2. The quantitative estimate of drug-likeness (QED) is 0.747. The van der Waals surface area contributed by atoms with Crippen LogP contribution in [-0.2, 0) is 11.3 Å². The van der Waals surface area contributed by atoms with Gasteiger partial charge in [-0.25, -0.2) is 0 Å². The lowest BCUT2D eigenvalue weighted by atomic mass is 9.98. The highest BCUT2D eigenvalue weighted by atomic mass is 16.5. The Labute approximate surface area is 97.1 Å². The van der Waals surface area contributed by atoms with E-state index in [9.17, 15) is 0 Å². The molecule has 0 heterocycles. The van der Waals surface area contributed by atoms with Crippen LogP contribution in [0.3, 0.4) is 0 Å². The topological polar surface area (TPSA) is 9.23 Å². The number of fused-ring (bicyclic) bond motifs is 1. The van der Waals surface area contributed by atoms with E-state index in [0.29, 0.717) is 12.5 Å². The second-order valence-corrected chi connectivity index (χ2v) is 4.53. The van der Waals surface area contributed by atoms with Crippen molar-refractivity contribution in [2.24, 2.45) is 0 Å². The van der Waals surface area contributed by atoms with Gasteiger partial charge in [0.1, 0.15) is 0 Å². The summed E-state index contributed by atoms with van der Waals surface area (Å²) in [5, 5.41) is 2.60. The highest BCUT2D eigenvalue weighted by Gasteiger charge is 2.01. The van der Waals surface area contributed by atoms with Crippen molar-refractivity contribution in [2.75, 3.05) is 7.11 Å². The number of hydrogen-bond donors (Lipinski definition) is 0. The average molecular weight is 214 g/mol. The fourth-order valence-electron chi connectivity index (χ4n) is 1.93. The lowest BCUT2D eigenvalue weighted by Crippen LogP contribution is -1.89. The van der Waals surface area contributed by atoms with E-state index in [4.69, 9.17) is 4.74 Å². The van der Waals surface area contributed by atoms with Crippen LogP contribution in [0.5, 0.6) is 0 Å². The zero-order chi connectivity index (χ0) is 11.5. The summed E-state index contributed by atoms with van der Waals surface area (Å²) in [4.78, 5) is 0. The molecule has 2 aromatic carbocycles. The number of rotatable bonds is 3. The molecular weight excluding hydrogens is 196 g/mol. The van der Waals surface area contributed by atoms with E-state index in [0.717, 1.165) is 0 Å². The van der Waals surface area contributed by atoms with Gasteiger partial charge in [0.2, 0.25) is 0 Å². The molecule has 0 N–H and O–H groups in total. The van der Waals surface area contributed by atoms with Gasteiger partial charge < -0.3 is 4.74 Å². The summed E-state index contributed by atoms with van der Waals surface area (Å²) in [6, 6.07) is 13.2. The summed E-state index contributed by atoms with van der Waals surface area (Å²) in [7, 11) is 1.73. The number of methoxy groups -OCH3 is 1. The summed E-state index contributed by atoms with van der Waals surface area (Å²) < 4.78 is 5.14. The van der Waals surface area contributed by atoms with E-state index in [2.05, 4.69) is 50.2 Å². The van der Waals surface area contributed by atoms with Gasteiger partial charge in [0.05, 0.1) is 6.61 Å². The lowest BCUT2D eigenvalue weighted by Gasteiger charge is -2.08. The highest BCUT2D eigenvalue weighted by molar-refractivity contribution is 5.83. The molecule has 0 spiro atoms. The smallest absolute Gasteiger partial charge is 0.0713 e. The minimum Gasteiger partial charge on any atom is -0.380 e. The molecule has 0 saturated carbocycles. The van der Waals surface area contributed by atoms with E-state index in [1.165, 1.54) is 21.9 Å². The summed E-state index contributed by atoms with van der Waals surface area (Å²) in [6.45, 7) is 5.13. The Morgan fingerprint density at radius 2 is 1.69 bits per heavy atom. The molecule has 0 aromatic heterocycles. The largest absolute Gasteiger partial charge is 0.380 e. The first-order chi connectivity index (χ1) is 7.70. The standard InChI is InChI=1S/C15H18O/c1-11(2)13-6-7-14-8-12(10-16-3)4-5-15(14)9-13/h4-9,11H,10H2,1-3H3. The second-order valence-electron chi connectivity index (χ2n) is 4.53. The molecule has 1 nitrogen and oxygen atoms in total. The van der Waals surface area contributed by atoms with Crippen LogP contribution >= 0.6 is 0 Å². The average Bonchev–Trinajstić information content (AvgIpc) is 2.28. The molecule has 0 unspecified atom stereocenters. The Kier molecular flexibility index (Phi) is 3.25. The van der Waals surface area contributed by atoms with Crippen molar-refractivity contribution < 1.29 is 4.74 Å². The maximum atomic E-state index is 5.14. The molecule has 0 amide bonds. The van der Waals surface area contributed by atoms with Crippen LogP contribution in [0, 0.1) is 0 Å². The minimum absolute atomic E-state index is 0.586. The number of benzene rings is 2. The summed E-state index contributed by atoms with van der Waals surface area (Å²) in [5.41, 5.74) is 2.62. The Morgan fingerprint density at radius 3 is 2.38 bits per heavy atom. The normalized spacial score (nSPS) is 11.2. The van der Waals surface area contributed by atoms with Gasteiger partial charge in [0, 0.05) is 7.11 Å². The van der Waals surface area contributed by atoms with Crippen molar-refractivity contribution >= 4 is 10.8 Å². The monoisotopic (exact) mass is 214 g/mol. The van der Waals surface area contributed by atoms with E-state index in [1.54, 1.807) is 7.11 Å². The lowest BCUT2D eigenvalue weighted by molar-refractivity contribution is 0.185. The third-order valence-corrected chi connectivity index (χ3v) is 2.91. The molecule has 0 radical (unpaired) electrons. The van der Waals surface area contributed by atoms with Crippen LogP contribution in [0.4, 0.5) is 0 Å². The molecule has 2 aromatic rings. The first-order valence-electron chi connectivity index (χ1n) is 5.72. The van der Waals surface area contributed by atoms with Crippen molar-refractivity contribution in [2.45, 2.75) is 26.4 Å². The summed E-state index contributed by atoms with van der Waals surface area (Å²) >= 11 is 0. The van der Waals surface area contributed by atoms with Crippen LogP contribution in [0.2, 0.25) is 0 Å². The van der Waals surface area contributed by atoms with Crippen molar-refractivity contribution in [3.63, 3.8) is 0 Å². The van der Waals surface area contributed by atoms with Crippen LogP contribution < -0.4 is 0 Å². The van der Waals surface area contributed by atoms with Gasteiger partial charge in [-0.15, -0.1) is 0 Å². The first-order valence-corrected chi connectivity index (χ1v) is 5.72. The molecule has 0 aliphatic carbocycles. The molecule has 1 heteroatoms. The summed E-state index contributed by atoms with van der Waals surface area (Å²) in [5.74, 6) is 0.586. The second kappa shape index (κ2) is 4.67. The maximum Gasteiger partial charge on any atom is 0.0713 e. The van der Waals surface area contributed by atoms with Gasteiger partial charge in [0.15, 0.2) is 0 Å². The molecule has 0 aliphatic rings. The van der Waals surface area contributed by atoms with E-state index in [-0.39, 0.29) is 0 Å². The SMILES string of the molecule is COCc1ccc2cc(C(C)C)ccc2c1. The molecule has 0 bridgehead atoms. The zero-order valence-electron chi connectivity index (χ0n) is 10.2. The maximum absolute atomic E-state index is 5.14. The van der Waals surface area contributed by atoms with Crippen molar-refractivity contribution in [3.8, 4) is 0 Å². The Hall–Kier alpha value is -1.34. The molecular formula is C15H18O. The van der Waals surface area contributed by atoms with Crippen molar-refractivity contribution in [1.29, 1.82) is 0 Å². The first kappa shape index (κ1) is 11.2. The van der Waals surface area contributed by atoms with Gasteiger partial charge in [-0.1, -0.05) is 44.2 Å². The molecule has 0 saturated heterocycles. The molecule has 0 aliphatic heterocycles. The highest BCUT2D eigenvalue weighted by Crippen LogP contribution is 2.22. The van der Waals surface area contributed by atoms with Gasteiger partial charge in [0.25, 0.3) is 0 Å². The van der Waals surface area contributed by atoms with Crippen molar-refractivity contribution in [3.05, 3.63) is 47.5 Å². The van der Waals surface area contributed by atoms with Crippen LogP contribution in [0.25, 0.3) is 10.8 Å². The summed E-state index contributed by atoms with van der Waals surface area (Å²) in [6.07, 6.45) is 0. The fraction of sp³-hybridized carbons (Fsp3) is 0.333. The fourth-order valence-corrected chi connectivity index (χ4v) is 1.93. The van der Waals surface area contributed by atoms with E-state index < -0.39 is 0 Å². The van der Waals surface area contributed by atoms with Gasteiger partial charge in [-0.05, 0) is 33.9 Å².